The summed E-state index contributed by atoms with van der Waals surface area (Å²) in [5.41, 5.74) is 7.17. The Morgan fingerprint density at radius 3 is 1.73 bits per heavy atom. The summed E-state index contributed by atoms with van der Waals surface area (Å²) in [4.78, 5) is 25.8. The molecule has 2 amide bonds. The molecule has 0 fully saturated rings. The van der Waals surface area contributed by atoms with Crippen molar-refractivity contribution in [2.24, 2.45) is 5.73 Å². The minimum absolute atomic E-state index is 0.193. The van der Waals surface area contributed by atoms with E-state index in [1.807, 2.05) is 78.9 Å². The van der Waals surface area contributed by atoms with E-state index in [9.17, 15) is 13.8 Å². The predicted octanol–water partition coefficient (Wildman–Crippen LogP) is 2.99. The maximum absolute atomic E-state index is 13.2. The molecule has 0 heterocycles. The number of nitrogens with one attached hydrogen (secondary N) is 1. The van der Waals surface area contributed by atoms with Crippen LogP contribution in [-0.2, 0) is 20.4 Å². The van der Waals surface area contributed by atoms with E-state index >= 15 is 0 Å². The van der Waals surface area contributed by atoms with E-state index in [-0.39, 0.29) is 18.1 Å². The minimum Gasteiger partial charge on any atom is -0.368 e. The largest absolute Gasteiger partial charge is 0.368 e. The summed E-state index contributed by atoms with van der Waals surface area (Å²) >= 11 is 0. The van der Waals surface area contributed by atoms with E-state index in [0.717, 1.165) is 11.1 Å². The van der Waals surface area contributed by atoms with Crippen LogP contribution in [0.4, 0.5) is 0 Å². The average molecular weight is 421 g/mol. The third-order valence-electron chi connectivity index (χ3n) is 4.79. The Morgan fingerprint density at radius 2 is 1.27 bits per heavy atom. The molecule has 0 unspecified atom stereocenters. The van der Waals surface area contributed by atoms with Crippen molar-refractivity contribution in [1.29, 1.82) is 0 Å². The van der Waals surface area contributed by atoms with Crippen molar-refractivity contribution in [3.63, 3.8) is 0 Å². The summed E-state index contributed by atoms with van der Waals surface area (Å²) in [6.07, 6.45) is 0.193. The van der Waals surface area contributed by atoms with Crippen LogP contribution in [0.5, 0.6) is 0 Å². The molecule has 0 aliphatic heterocycles. The van der Waals surface area contributed by atoms with E-state index in [4.69, 9.17) is 5.73 Å². The second-order valence-corrected chi connectivity index (χ2v) is 8.44. The zero-order valence-electron chi connectivity index (χ0n) is 16.4. The highest BCUT2D eigenvalue weighted by Crippen LogP contribution is 2.25. The lowest BCUT2D eigenvalue weighted by Crippen LogP contribution is -2.47. The van der Waals surface area contributed by atoms with Crippen LogP contribution in [-0.4, -0.2) is 27.8 Å². The minimum atomic E-state index is -1.28. The molecule has 0 aliphatic rings. The van der Waals surface area contributed by atoms with Crippen LogP contribution in [0, 0.1) is 0 Å². The van der Waals surface area contributed by atoms with Gasteiger partial charge in [0.25, 0.3) is 0 Å². The average Bonchev–Trinajstić information content (AvgIpc) is 2.78. The molecule has 0 spiro atoms. The van der Waals surface area contributed by atoms with Crippen LogP contribution in [0.2, 0.25) is 0 Å². The smallest absolute Gasteiger partial charge is 0.240 e. The second kappa shape index (κ2) is 10.5. The van der Waals surface area contributed by atoms with Gasteiger partial charge in [-0.3, -0.25) is 13.8 Å². The van der Waals surface area contributed by atoms with Crippen LogP contribution in [0.1, 0.15) is 23.5 Å². The van der Waals surface area contributed by atoms with Crippen molar-refractivity contribution >= 4 is 22.6 Å². The van der Waals surface area contributed by atoms with Gasteiger partial charge in [-0.25, -0.2) is 0 Å². The molecule has 0 radical (unpaired) electrons. The second-order valence-electron chi connectivity index (χ2n) is 6.87. The molecule has 0 saturated carbocycles. The molecule has 30 heavy (non-hydrogen) atoms. The fourth-order valence-electron chi connectivity index (χ4n) is 3.24. The zero-order chi connectivity index (χ0) is 21.3. The van der Waals surface area contributed by atoms with Crippen molar-refractivity contribution in [2.75, 3.05) is 5.75 Å². The van der Waals surface area contributed by atoms with Crippen LogP contribution >= 0.6 is 0 Å². The van der Waals surface area contributed by atoms with Gasteiger partial charge in [-0.15, -0.1) is 0 Å². The quantitative estimate of drug-likeness (QED) is 0.558. The molecule has 154 valence electrons. The number of primary amides is 1. The van der Waals surface area contributed by atoms with Gasteiger partial charge in [0, 0.05) is 10.6 Å². The lowest BCUT2D eigenvalue weighted by molar-refractivity contribution is -0.127. The van der Waals surface area contributed by atoms with E-state index in [1.54, 1.807) is 12.1 Å². The number of rotatable bonds is 9. The maximum atomic E-state index is 13.2. The first-order chi connectivity index (χ1) is 14.6. The third kappa shape index (κ3) is 5.64. The van der Waals surface area contributed by atoms with Crippen LogP contribution in [0.25, 0.3) is 0 Å². The van der Waals surface area contributed by atoms with Gasteiger partial charge in [0.2, 0.25) is 11.8 Å². The van der Waals surface area contributed by atoms with Gasteiger partial charge in [0.05, 0.1) is 16.7 Å². The number of carbonyl (C=O) groups excluding carboxylic acids is 2. The number of amides is 2. The Bertz CT molecular complexity index is 955. The van der Waals surface area contributed by atoms with E-state index < -0.39 is 28.7 Å². The lowest BCUT2D eigenvalue weighted by Gasteiger charge is -2.21. The fourth-order valence-corrected chi connectivity index (χ4v) is 4.39. The van der Waals surface area contributed by atoms with Crippen molar-refractivity contribution < 1.29 is 13.8 Å². The Labute approximate surface area is 178 Å². The lowest BCUT2D eigenvalue weighted by atomic mass is 9.90. The predicted molar refractivity (Wildman–Crippen MR) is 118 cm³/mol. The Morgan fingerprint density at radius 1 is 0.800 bits per heavy atom. The molecule has 0 aromatic heterocycles. The van der Waals surface area contributed by atoms with Gasteiger partial charge in [0.1, 0.15) is 6.04 Å². The van der Waals surface area contributed by atoms with Gasteiger partial charge in [-0.05, 0) is 29.7 Å². The van der Waals surface area contributed by atoms with Gasteiger partial charge in [0.15, 0.2) is 0 Å². The zero-order valence-corrected chi connectivity index (χ0v) is 17.3. The fraction of sp³-hybridized carbons (Fsp3) is 0.167. The van der Waals surface area contributed by atoms with Gasteiger partial charge < -0.3 is 11.1 Å². The summed E-state index contributed by atoms with van der Waals surface area (Å²) in [6, 6.07) is 26.9. The summed E-state index contributed by atoms with van der Waals surface area (Å²) < 4.78 is 12.5. The molecular formula is C24H24N2O3S. The molecule has 2 atom stereocenters. The summed E-state index contributed by atoms with van der Waals surface area (Å²) in [5, 5.41) is 2.77. The van der Waals surface area contributed by atoms with Crippen LogP contribution in [0.15, 0.2) is 95.9 Å². The highest BCUT2D eigenvalue weighted by Gasteiger charge is 2.27. The SMILES string of the molecule is NC(=O)[C@@H](CC[S@](=O)c1ccccc1)NC(=O)C(c1ccccc1)c1ccccc1. The molecule has 0 saturated heterocycles. The summed E-state index contributed by atoms with van der Waals surface area (Å²) in [6.45, 7) is 0. The monoisotopic (exact) mass is 420 g/mol. The molecule has 3 aromatic carbocycles. The van der Waals surface area contributed by atoms with E-state index in [0.29, 0.717) is 4.90 Å². The molecule has 3 aromatic rings. The summed E-state index contributed by atoms with van der Waals surface area (Å²) in [5.74, 6) is -1.32. The highest BCUT2D eigenvalue weighted by molar-refractivity contribution is 7.85. The topological polar surface area (TPSA) is 89.3 Å². The Kier molecular flexibility index (Phi) is 7.51. The summed E-state index contributed by atoms with van der Waals surface area (Å²) in [7, 11) is -1.28. The first-order valence-electron chi connectivity index (χ1n) is 9.69. The van der Waals surface area contributed by atoms with Crippen LogP contribution in [0.3, 0.4) is 0 Å². The molecule has 0 aliphatic carbocycles. The van der Waals surface area contributed by atoms with E-state index in [1.165, 1.54) is 0 Å². The van der Waals surface area contributed by atoms with Crippen molar-refractivity contribution in [1.82, 2.24) is 5.32 Å². The van der Waals surface area contributed by atoms with Crippen molar-refractivity contribution in [3.8, 4) is 0 Å². The Hall–Kier alpha value is -3.25. The number of hydrogen-bond acceptors (Lipinski definition) is 3. The molecule has 5 nitrogen and oxygen atoms in total. The van der Waals surface area contributed by atoms with Crippen molar-refractivity contribution in [2.45, 2.75) is 23.3 Å². The number of nitrogens with two attached hydrogens (primary N) is 1. The molecule has 3 rings (SSSR count). The van der Waals surface area contributed by atoms with Crippen LogP contribution < -0.4 is 11.1 Å². The highest BCUT2D eigenvalue weighted by atomic mass is 32.2. The molecule has 0 bridgehead atoms. The van der Waals surface area contributed by atoms with E-state index in [2.05, 4.69) is 5.32 Å². The van der Waals surface area contributed by atoms with Gasteiger partial charge in [-0.1, -0.05) is 78.9 Å². The molecule has 6 heteroatoms. The number of hydrogen-bond donors (Lipinski definition) is 2. The van der Waals surface area contributed by atoms with Crippen molar-refractivity contribution in [3.05, 3.63) is 102 Å². The number of carbonyl (C=O) groups is 2. The van der Waals surface area contributed by atoms with Gasteiger partial charge >= 0.3 is 0 Å². The first kappa shape index (κ1) is 21.5. The maximum Gasteiger partial charge on any atom is 0.240 e. The Balaban J connectivity index is 1.75. The first-order valence-corrected chi connectivity index (χ1v) is 11.0. The standard InChI is InChI=1S/C24H24N2O3S/c25-23(27)21(16-17-30(29)20-14-8-3-9-15-20)26-24(28)22(18-10-4-1-5-11-18)19-12-6-2-7-13-19/h1-15,21-22H,16-17H2,(H2,25,27)(H,26,28)/t21-,30+/m1/s1. The molecule has 3 N–H and O–H groups in total. The molecular weight excluding hydrogens is 396 g/mol. The third-order valence-corrected chi connectivity index (χ3v) is 6.19. The van der Waals surface area contributed by atoms with Gasteiger partial charge in [-0.2, -0.15) is 0 Å². The number of benzene rings is 3. The normalized spacial score (nSPS) is 12.8.